The van der Waals surface area contributed by atoms with Gasteiger partial charge < -0.3 is 9.64 Å². The SMILES string of the molecule is CCCN(CCC)c1c(CC)nc2c(-c3ccc(Cl)cc3Cl)nc(OC)cn12. The molecule has 3 aromatic rings. The number of imidazole rings is 1. The summed E-state index contributed by atoms with van der Waals surface area (Å²) in [6.07, 6.45) is 4.86. The Bertz CT molecular complexity index is 965. The average Bonchev–Trinajstić information content (AvgIpc) is 3.05. The van der Waals surface area contributed by atoms with Gasteiger partial charge in [-0.2, -0.15) is 0 Å². The summed E-state index contributed by atoms with van der Waals surface area (Å²) in [5.74, 6) is 1.62. The number of hydrogen-bond donors (Lipinski definition) is 0. The van der Waals surface area contributed by atoms with Crippen LogP contribution in [0, 0.1) is 0 Å². The van der Waals surface area contributed by atoms with E-state index in [9.17, 15) is 0 Å². The van der Waals surface area contributed by atoms with Crippen LogP contribution in [0.5, 0.6) is 5.88 Å². The zero-order valence-corrected chi connectivity index (χ0v) is 18.3. The summed E-state index contributed by atoms with van der Waals surface area (Å²) in [7, 11) is 1.62. The number of methoxy groups -OCH3 is 1. The Morgan fingerprint density at radius 1 is 1.07 bits per heavy atom. The molecule has 0 fully saturated rings. The zero-order chi connectivity index (χ0) is 20.3. The first kappa shape index (κ1) is 20.7. The fourth-order valence-corrected chi connectivity index (χ4v) is 3.95. The maximum Gasteiger partial charge on any atom is 0.231 e. The van der Waals surface area contributed by atoms with Crippen molar-refractivity contribution in [2.24, 2.45) is 0 Å². The molecule has 3 rings (SSSR count). The van der Waals surface area contributed by atoms with E-state index in [0.29, 0.717) is 21.6 Å². The number of aryl methyl sites for hydroxylation is 1. The van der Waals surface area contributed by atoms with Crippen LogP contribution < -0.4 is 9.64 Å². The Labute approximate surface area is 176 Å². The van der Waals surface area contributed by atoms with Gasteiger partial charge in [0.2, 0.25) is 5.88 Å². The Morgan fingerprint density at radius 2 is 1.79 bits per heavy atom. The van der Waals surface area contributed by atoms with Crippen molar-refractivity contribution < 1.29 is 4.74 Å². The quantitative estimate of drug-likeness (QED) is 0.454. The van der Waals surface area contributed by atoms with E-state index < -0.39 is 0 Å². The average molecular weight is 421 g/mol. The number of ether oxygens (including phenoxy) is 1. The van der Waals surface area contributed by atoms with Gasteiger partial charge in [-0.05, 0) is 37.5 Å². The molecule has 7 heteroatoms. The van der Waals surface area contributed by atoms with E-state index in [0.717, 1.165) is 55.1 Å². The predicted octanol–water partition coefficient (Wildman–Crippen LogP) is 5.90. The largest absolute Gasteiger partial charge is 0.480 e. The molecule has 0 aliphatic carbocycles. The second-order valence-electron chi connectivity index (χ2n) is 6.67. The van der Waals surface area contributed by atoms with Gasteiger partial charge in [-0.3, -0.25) is 4.40 Å². The monoisotopic (exact) mass is 420 g/mol. The second-order valence-corrected chi connectivity index (χ2v) is 7.52. The number of halogens is 2. The van der Waals surface area contributed by atoms with Crippen molar-refractivity contribution in [1.82, 2.24) is 14.4 Å². The van der Waals surface area contributed by atoms with Gasteiger partial charge in [0.25, 0.3) is 0 Å². The summed E-state index contributed by atoms with van der Waals surface area (Å²) in [6, 6.07) is 5.41. The minimum absolute atomic E-state index is 0.516. The lowest BCUT2D eigenvalue weighted by molar-refractivity contribution is 0.396. The highest BCUT2D eigenvalue weighted by Crippen LogP contribution is 2.35. The van der Waals surface area contributed by atoms with Crippen LogP contribution in [0.1, 0.15) is 39.3 Å². The van der Waals surface area contributed by atoms with Gasteiger partial charge in [-0.1, -0.05) is 44.0 Å². The van der Waals surface area contributed by atoms with E-state index in [4.69, 9.17) is 32.9 Å². The van der Waals surface area contributed by atoms with Crippen molar-refractivity contribution in [3.63, 3.8) is 0 Å². The van der Waals surface area contributed by atoms with Gasteiger partial charge in [-0.15, -0.1) is 0 Å². The van der Waals surface area contributed by atoms with Gasteiger partial charge in [0.15, 0.2) is 5.65 Å². The number of rotatable bonds is 8. The first-order chi connectivity index (χ1) is 13.5. The van der Waals surface area contributed by atoms with Crippen LogP contribution in [0.15, 0.2) is 24.4 Å². The van der Waals surface area contributed by atoms with E-state index in [1.54, 1.807) is 13.2 Å². The molecule has 2 aromatic heterocycles. The van der Waals surface area contributed by atoms with Crippen molar-refractivity contribution >= 4 is 34.7 Å². The Hall–Kier alpha value is -1.98. The minimum Gasteiger partial charge on any atom is -0.480 e. The van der Waals surface area contributed by atoms with Crippen molar-refractivity contribution in [1.29, 1.82) is 0 Å². The molecule has 0 unspecified atom stereocenters. The predicted molar refractivity (Wildman–Crippen MR) is 117 cm³/mol. The topological polar surface area (TPSA) is 42.7 Å². The molecule has 150 valence electrons. The molecule has 0 aliphatic rings. The number of fused-ring (bicyclic) bond motifs is 1. The number of hydrogen-bond acceptors (Lipinski definition) is 4. The molecular weight excluding hydrogens is 395 g/mol. The van der Waals surface area contributed by atoms with Gasteiger partial charge in [0.05, 0.1) is 24.0 Å². The molecule has 0 bridgehead atoms. The molecule has 0 saturated carbocycles. The zero-order valence-electron chi connectivity index (χ0n) is 16.8. The van der Waals surface area contributed by atoms with Gasteiger partial charge in [0, 0.05) is 23.7 Å². The Balaban J connectivity index is 2.32. The fraction of sp³-hybridized carbons (Fsp3) is 0.429. The molecule has 0 radical (unpaired) electrons. The molecule has 1 aromatic carbocycles. The lowest BCUT2D eigenvalue weighted by Gasteiger charge is -2.24. The molecule has 0 N–H and O–H groups in total. The fourth-order valence-electron chi connectivity index (χ4n) is 3.46. The lowest BCUT2D eigenvalue weighted by atomic mass is 10.1. The number of benzene rings is 1. The normalized spacial score (nSPS) is 11.2. The number of aromatic nitrogens is 3. The summed E-state index contributed by atoms with van der Waals surface area (Å²) in [6.45, 7) is 8.45. The summed E-state index contributed by atoms with van der Waals surface area (Å²) >= 11 is 12.6. The lowest BCUT2D eigenvalue weighted by Crippen LogP contribution is -2.27. The number of anilines is 1. The molecular formula is C21H26Cl2N4O. The molecule has 0 atom stereocenters. The van der Waals surface area contributed by atoms with Crippen molar-refractivity contribution in [3.05, 3.63) is 40.1 Å². The van der Waals surface area contributed by atoms with Crippen LogP contribution in [-0.4, -0.2) is 34.6 Å². The molecule has 0 aliphatic heterocycles. The second kappa shape index (κ2) is 9.01. The van der Waals surface area contributed by atoms with E-state index in [1.165, 1.54) is 0 Å². The highest BCUT2D eigenvalue weighted by molar-refractivity contribution is 6.36. The van der Waals surface area contributed by atoms with E-state index in [-0.39, 0.29) is 0 Å². The summed E-state index contributed by atoms with van der Waals surface area (Å²) in [5.41, 5.74) is 3.29. The minimum atomic E-state index is 0.516. The Kier molecular flexibility index (Phi) is 6.68. The maximum atomic E-state index is 6.49. The van der Waals surface area contributed by atoms with Gasteiger partial charge in [0.1, 0.15) is 11.5 Å². The van der Waals surface area contributed by atoms with Crippen LogP contribution in [-0.2, 0) is 6.42 Å². The highest BCUT2D eigenvalue weighted by atomic mass is 35.5. The third-order valence-electron chi connectivity index (χ3n) is 4.65. The third-order valence-corrected chi connectivity index (χ3v) is 5.19. The standard InChI is InChI=1S/C21H26Cl2N4O/c1-5-10-26(11-6-2)21-17(7-3)24-20-19(25-18(28-4)13-27(20)21)15-9-8-14(22)12-16(15)23/h8-9,12-13H,5-7,10-11H2,1-4H3. The first-order valence-corrected chi connectivity index (χ1v) is 10.5. The van der Waals surface area contributed by atoms with Crippen molar-refractivity contribution in [2.45, 2.75) is 40.0 Å². The smallest absolute Gasteiger partial charge is 0.231 e. The maximum absolute atomic E-state index is 6.49. The third kappa shape index (κ3) is 3.91. The van der Waals surface area contributed by atoms with E-state index in [1.807, 2.05) is 18.3 Å². The van der Waals surface area contributed by atoms with Crippen LogP contribution in [0.4, 0.5) is 5.82 Å². The molecule has 0 saturated heterocycles. The molecule has 5 nitrogen and oxygen atoms in total. The van der Waals surface area contributed by atoms with Crippen LogP contribution >= 0.6 is 23.2 Å². The highest BCUT2D eigenvalue weighted by Gasteiger charge is 2.22. The molecule has 28 heavy (non-hydrogen) atoms. The van der Waals surface area contributed by atoms with Crippen molar-refractivity contribution in [2.75, 3.05) is 25.1 Å². The van der Waals surface area contributed by atoms with E-state index >= 15 is 0 Å². The Morgan fingerprint density at radius 3 is 2.36 bits per heavy atom. The van der Waals surface area contributed by atoms with Crippen LogP contribution in [0.3, 0.4) is 0 Å². The summed E-state index contributed by atoms with van der Waals surface area (Å²) in [5, 5.41) is 1.12. The van der Waals surface area contributed by atoms with E-state index in [2.05, 4.69) is 35.1 Å². The molecule has 0 amide bonds. The number of nitrogens with zero attached hydrogens (tertiary/aromatic N) is 4. The first-order valence-electron chi connectivity index (χ1n) is 9.70. The molecule has 0 spiro atoms. The molecule has 2 heterocycles. The van der Waals surface area contributed by atoms with Gasteiger partial charge >= 0.3 is 0 Å². The van der Waals surface area contributed by atoms with Crippen molar-refractivity contribution in [3.8, 4) is 17.1 Å². The summed E-state index contributed by atoms with van der Waals surface area (Å²) in [4.78, 5) is 12.0. The van der Waals surface area contributed by atoms with Crippen LogP contribution in [0.2, 0.25) is 10.0 Å². The van der Waals surface area contributed by atoms with Crippen LogP contribution in [0.25, 0.3) is 16.9 Å². The van der Waals surface area contributed by atoms with Gasteiger partial charge in [-0.25, -0.2) is 9.97 Å². The summed E-state index contributed by atoms with van der Waals surface area (Å²) < 4.78 is 7.59.